The third-order valence-electron chi connectivity index (χ3n) is 4.94. The Morgan fingerprint density at radius 3 is 2.38 bits per heavy atom. The molecule has 4 amide bonds. The molecule has 1 aliphatic carbocycles. The molecular formula is C15H22N2O4. The summed E-state index contributed by atoms with van der Waals surface area (Å²) in [5.41, 5.74) is 0. The summed E-state index contributed by atoms with van der Waals surface area (Å²) in [6.45, 7) is 1.77. The molecule has 0 aromatic carbocycles. The quantitative estimate of drug-likeness (QED) is 0.796. The Morgan fingerprint density at radius 2 is 1.71 bits per heavy atom. The van der Waals surface area contributed by atoms with Crippen molar-refractivity contribution < 1.29 is 19.1 Å². The predicted octanol–water partition coefficient (Wildman–Crippen LogP) is 1.30. The van der Waals surface area contributed by atoms with Crippen LogP contribution in [0, 0.1) is 17.8 Å². The number of carbonyl (C=O) groups excluding carboxylic acids is 3. The van der Waals surface area contributed by atoms with Crippen LogP contribution < -0.4 is 5.32 Å². The molecule has 1 saturated carbocycles. The lowest BCUT2D eigenvalue weighted by atomic mass is 9.87. The van der Waals surface area contributed by atoms with E-state index in [0.717, 1.165) is 38.5 Å². The van der Waals surface area contributed by atoms with Crippen LogP contribution in [-0.2, 0) is 14.3 Å². The Labute approximate surface area is 124 Å². The predicted molar refractivity (Wildman–Crippen MR) is 74.2 cm³/mol. The second kappa shape index (κ2) is 6.13. The molecule has 2 aliphatic heterocycles. The third-order valence-corrected chi connectivity index (χ3v) is 4.94. The van der Waals surface area contributed by atoms with Gasteiger partial charge in [0.25, 0.3) is 0 Å². The highest BCUT2D eigenvalue weighted by Gasteiger charge is 2.45. The lowest BCUT2D eigenvalue weighted by Gasteiger charge is -2.35. The first-order valence-electron chi connectivity index (χ1n) is 7.91. The van der Waals surface area contributed by atoms with Crippen LogP contribution in [0.15, 0.2) is 0 Å². The highest BCUT2D eigenvalue weighted by Crippen LogP contribution is 2.34. The minimum absolute atomic E-state index is 0.0998. The normalized spacial score (nSPS) is 29.0. The van der Waals surface area contributed by atoms with Crippen LogP contribution in [0.3, 0.4) is 0 Å². The minimum atomic E-state index is -0.662. The summed E-state index contributed by atoms with van der Waals surface area (Å²) in [5, 5.41) is 2.37. The molecule has 0 aromatic heterocycles. The summed E-state index contributed by atoms with van der Waals surface area (Å²) >= 11 is 0. The zero-order valence-corrected chi connectivity index (χ0v) is 12.2. The maximum atomic E-state index is 12.6. The molecule has 2 saturated heterocycles. The van der Waals surface area contributed by atoms with Crippen molar-refractivity contribution in [2.24, 2.45) is 17.8 Å². The van der Waals surface area contributed by atoms with Gasteiger partial charge in [0.2, 0.25) is 11.8 Å². The van der Waals surface area contributed by atoms with E-state index in [1.807, 2.05) is 0 Å². The minimum Gasteiger partial charge on any atom is -0.381 e. The Kier molecular flexibility index (Phi) is 4.24. The van der Waals surface area contributed by atoms with Crippen molar-refractivity contribution in [1.82, 2.24) is 10.2 Å². The van der Waals surface area contributed by atoms with E-state index >= 15 is 0 Å². The van der Waals surface area contributed by atoms with Gasteiger partial charge in [0, 0.05) is 19.8 Å². The van der Waals surface area contributed by atoms with Crippen molar-refractivity contribution in [2.45, 2.75) is 38.5 Å². The van der Waals surface area contributed by atoms with E-state index in [4.69, 9.17) is 4.74 Å². The summed E-state index contributed by atoms with van der Waals surface area (Å²) in [4.78, 5) is 37.9. The first-order valence-corrected chi connectivity index (χ1v) is 7.91. The number of rotatable bonds is 3. The number of hydrogen-bond acceptors (Lipinski definition) is 4. The highest BCUT2D eigenvalue weighted by atomic mass is 16.5. The molecule has 0 bridgehead atoms. The molecule has 6 nitrogen and oxygen atoms in total. The van der Waals surface area contributed by atoms with Crippen LogP contribution in [0.5, 0.6) is 0 Å². The fourth-order valence-electron chi connectivity index (χ4n) is 3.70. The van der Waals surface area contributed by atoms with Crippen molar-refractivity contribution >= 4 is 17.8 Å². The second-order valence-corrected chi connectivity index (χ2v) is 6.32. The van der Waals surface area contributed by atoms with Crippen LogP contribution >= 0.6 is 0 Å². The van der Waals surface area contributed by atoms with Crippen LogP contribution in [-0.4, -0.2) is 42.5 Å². The SMILES string of the molecule is O=C1NC(=O)N(CC2CCOCC2)C(=O)C1C1CCCC1. The average molecular weight is 294 g/mol. The van der Waals surface area contributed by atoms with Gasteiger partial charge in [-0.2, -0.15) is 0 Å². The maximum absolute atomic E-state index is 12.6. The maximum Gasteiger partial charge on any atom is 0.330 e. The molecule has 0 spiro atoms. The molecular weight excluding hydrogens is 272 g/mol. The fraction of sp³-hybridized carbons (Fsp3) is 0.800. The molecule has 3 aliphatic rings. The van der Waals surface area contributed by atoms with Gasteiger partial charge in [-0.15, -0.1) is 0 Å². The van der Waals surface area contributed by atoms with Gasteiger partial charge in [0.05, 0.1) is 0 Å². The molecule has 0 aromatic rings. The molecule has 21 heavy (non-hydrogen) atoms. The van der Waals surface area contributed by atoms with Crippen LogP contribution in [0.4, 0.5) is 4.79 Å². The van der Waals surface area contributed by atoms with Gasteiger partial charge in [-0.3, -0.25) is 19.8 Å². The number of ether oxygens (including phenoxy) is 1. The van der Waals surface area contributed by atoms with Crippen LogP contribution in [0.25, 0.3) is 0 Å². The average Bonchev–Trinajstić information content (AvgIpc) is 2.98. The van der Waals surface area contributed by atoms with Gasteiger partial charge >= 0.3 is 6.03 Å². The molecule has 2 heterocycles. The zero-order chi connectivity index (χ0) is 14.8. The number of urea groups is 1. The zero-order valence-electron chi connectivity index (χ0n) is 12.2. The van der Waals surface area contributed by atoms with E-state index in [0.29, 0.717) is 19.8 Å². The summed E-state index contributed by atoms with van der Waals surface area (Å²) in [5.74, 6) is -0.971. The smallest absolute Gasteiger partial charge is 0.330 e. The van der Waals surface area contributed by atoms with Gasteiger partial charge in [-0.25, -0.2) is 4.79 Å². The summed E-state index contributed by atoms with van der Waals surface area (Å²) in [6.07, 6.45) is 5.66. The largest absolute Gasteiger partial charge is 0.381 e. The number of carbonyl (C=O) groups is 3. The van der Waals surface area contributed by atoms with Crippen molar-refractivity contribution in [2.75, 3.05) is 19.8 Å². The van der Waals surface area contributed by atoms with E-state index in [-0.39, 0.29) is 17.7 Å². The first kappa shape index (κ1) is 14.5. The van der Waals surface area contributed by atoms with Gasteiger partial charge in [0.15, 0.2) is 0 Å². The highest BCUT2D eigenvalue weighted by molar-refractivity contribution is 6.16. The Balaban J connectivity index is 1.70. The Bertz CT molecular complexity index is 439. The van der Waals surface area contributed by atoms with Gasteiger partial charge in [-0.1, -0.05) is 12.8 Å². The van der Waals surface area contributed by atoms with Gasteiger partial charge in [-0.05, 0) is 37.5 Å². The number of hydrogen-bond donors (Lipinski definition) is 1. The Hall–Kier alpha value is -1.43. The molecule has 3 fully saturated rings. The molecule has 0 radical (unpaired) electrons. The number of barbiturate groups is 1. The number of amides is 4. The summed E-state index contributed by atoms with van der Waals surface area (Å²) in [6, 6.07) is -0.550. The standard InChI is InChI=1S/C15H22N2O4/c18-13-12(11-3-1-2-4-11)14(19)17(15(20)16-13)9-10-5-7-21-8-6-10/h10-12H,1-9H2,(H,16,18,20). The molecule has 1 unspecified atom stereocenters. The van der Waals surface area contributed by atoms with Crippen molar-refractivity contribution in [3.8, 4) is 0 Å². The fourth-order valence-corrected chi connectivity index (χ4v) is 3.70. The molecule has 6 heteroatoms. The first-order chi connectivity index (χ1) is 10.2. The number of nitrogens with one attached hydrogen (secondary N) is 1. The summed E-state index contributed by atoms with van der Waals surface area (Å²) in [7, 11) is 0. The van der Waals surface area contributed by atoms with E-state index in [1.165, 1.54) is 4.90 Å². The topological polar surface area (TPSA) is 75.7 Å². The molecule has 3 rings (SSSR count). The van der Waals surface area contributed by atoms with E-state index in [1.54, 1.807) is 0 Å². The monoisotopic (exact) mass is 294 g/mol. The Morgan fingerprint density at radius 1 is 1.05 bits per heavy atom. The van der Waals surface area contributed by atoms with Crippen molar-refractivity contribution in [3.05, 3.63) is 0 Å². The lowest BCUT2D eigenvalue weighted by Crippen LogP contribution is -2.60. The lowest BCUT2D eigenvalue weighted by molar-refractivity contribution is -0.145. The van der Waals surface area contributed by atoms with Crippen molar-refractivity contribution in [3.63, 3.8) is 0 Å². The van der Waals surface area contributed by atoms with E-state index < -0.39 is 17.9 Å². The van der Waals surface area contributed by atoms with E-state index in [9.17, 15) is 14.4 Å². The second-order valence-electron chi connectivity index (χ2n) is 6.32. The third kappa shape index (κ3) is 2.95. The van der Waals surface area contributed by atoms with Crippen LogP contribution in [0.1, 0.15) is 38.5 Å². The van der Waals surface area contributed by atoms with Crippen LogP contribution in [0.2, 0.25) is 0 Å². The van der Waals surface area contributed by atoms with Gasteiger partial charge in [0.1, 0.15) is 5.92 Å². The summed E-state index contributed by atoms with van der Waals surface area (Å²) < 4.78 is 5.30. The molecule has 116 valence electrons. The molecule has 1 N–H and O–H groups in total. The molecule has 1 atom stereocenters. The number of imide groups is 2. The van der Waals surface area contributed by atoms with Crippen molar-refractivity contribution in [1.29, 1.82) is 0 Å². The van der Waals surface area contributed by atoms with E-state index in [2.05, 4.69) is 5.32 Å². The van der Waals surface area contributed by atoms with Gasteiger partial charge < -0.3 is 4.74 Å². The number of nitrogens with zero attached hydrogens (tertiary/aromatic N) is 1.